The van der Waals surface area contributed by atoms with E-state index in [4.69, 9.17) is 14.5 Å². The van der Waals surface area contributed by atoms with Crippen LogP contribution in [0, 0.1) is 6.92 Å². The van der Waals surface area contributed by atoms with Crippen LogP contribution >= 0.6 is 0 Å². The Labute approximate surface area is 53.1 Å². The fourth-order valence-electron chi connectivity index (χ4n) is 0.589. The fourth-order valence-corrected chi connectivity index (χ4v) is 0.589. The summed E-state index contributed by atoms with van der Waals surface area (Å²) in [4.78, 5) is 0. The average Bonchev–Trinajstić information content (AvgIpc) is 2.14. The second kappa shape index (κ2) is 2.25. The number of hydrogen-bond acceptors (Lipinski definition) is 3. The molecule has 4 heteroatoms. The van der Waals surface area contributed by atoms with Gasteiger partial charge in [0.1, 0.15) is 5.66 Å². The van der Waals surface area contributed by atoms with Crippen LogP contribution < -0.4 is 5.66 Å². The fraction of sp³-hybridized carbons (Fsp3) is 0.200. The van der Waals surface area contributed by atoms with Crippen LogP contribution in [0.2, 0.25) is 0 Å². The third kappa shape index (κ3) is 1.34. The number of furan rings is 1. The Morgan fingerprint density at radius 3 is 2.44 bits per heavy atom. The number of hydrogen-bond donors (Lipinski definition) is 2. The van der Waals surface area contributed by atoms with Crippen molar-refractivity contribution in [2.24, 2.45) is 0 Å². The molecule has 0 bridgehead atoms. The Morgan fingerprint density at radius 1 is 1.56 bits per heavy atom. The van der Waals surface area contributed by atoms with Crippen molar-refractivity contribution in [3.05, 3.63) is 17.9 Å². The summed E-state index contributed by atoms with van der Waals surface area (Å²) in [6.07, 6.45) is 1.47. The number of rotatable bonds is 1. The summed E-state index contributed by atoms with van der Waals surface area (Å²) in [5, 5.41) is 17.0. The first-order valence-electron chi connectivity index (χ1n) is 2.61. The summed E-state index contributed by atoms with van der Waals surface area (Å²) in [5.41, 5.74) is 1.07. The summed E-state index contributed by atoms with van der Waals surface area (Å²) in [5.74, 6) is 0. The third-order valence-electron chi connectivity index (χ3n) is 1.01. The van der Waals surface area contributed by atoms with Crippen LogP contribution in [0.4, 0.5) is 0 Å². The quantitative estimate of drug-likeness (QED) is 0.487. The van der Waals surface area contributed by atoms with Gasteiger partial charge in [-0.3, -0.25) is 0 Å². The molecule has 0 atom stereocenters. The molecule has 0 aromatic carbocycles. The highest BCUT2D eigenvalue weighted by atomic mass is 16.4. The summed E-state index contributed by atoms with van der Waals surface area (Å²) in [7, 11) is -1.49. The molecule has 0 aliphatic heterocycles. The zero-order valence-corrected chi connectivity index (χ0v) is 5.03. The summed E-state index contributed by atoms with van der Waals surface area (Å²) < 4.78 is 4.73. The largest absolute Gasteiger partial charge is 0.526 e. The van der Waals surface area contributed by atoms with Crippen LogP contribution in [0.5, 0.6) is 0 Å². The highest BCUT2D eigenvalue weighted by Gasteiger charge is 2.14. The maximum atomic E-state index is 8.50. The molecule has 0 aliphatic carbocycles. The van der Waals surface area contributed by atoms with Crippen LogP contribution in [0.25, 0.3) is 0 Å². The maximum absolute atomic E-state index is 8.50. The summed E-state index contributed by atoms with van der Waals surface area (Å²) in [6, 6.07) is 1.57. The van der Waals surface area contributed by atoms with Gasteiger partial charge in [-0.1, -0.05) is 0 Å². The van der Waals surface area contributed by atoms with E-state index in [0.29, 0.717) is 0 Å². The molecule has 0 saturated heterocycles. The van der Waals surface area contributed by atoms with E-state index in [2.05, 4.69) is 0 Å². The lowest BCUT2D eigenvalue weighted by Crippen LogP contribution is -2.27. The molecule has 0 unspecified atom stereocenters. The SMILES string of the molecule is Cc1coc(B(O)O)c1. The molecule has 0 radical (unpaired) electrons. The summed E-state index contributed by atoms with van der Waals surface area (Å²) >= 11 is 0. The first kappa shape index (κ1) is 6.39. The minimum atomic E-state index is -1.49. The maximum Gasteiger partial charge on any atom is 0.526 e. The molecule has 0 spiro atoms. The minimum absolute atomic E-state index is 0.188. The van der Waals surface area contributed by atoms with Gasteiger partial charge in [-0.25, -0.2) is 0 Å². The first-order chi connectivity index (χ1) is 4.20. The van der Waals surface area contributed by atoms with E-state index in [1.54, 1.807) is 6.07 Å². The van der Waals surface area contributed by atoms with Gasteiger partial charge in [-0.15, -0.1) is 0 Å². The van der Waals surface area contributed by atoms with Gasteiger partial charge in [0.15, 0.2) is 0 Å². The van der Waals surface area contributed by atoms with Crippen molar-refractivity contribution < 1.29 is 14.5 Å². The second-order valence-electron chi connectivity index (χ2n) is 1.90. The molecule has 1 aromatic heterocycles. The molecule has 3 nitrogen and oxygen atoms in total. The lowest BCUT2D eigenvalue weighted by molar-refractivity contribution is 0.409. The lowest BCUT2D eigenvalue weighted by atomic mass is 9.88. The van der Waals surface area contributed by atoms with E-state index in [1.807, 2.05) is 6.92 Å². The molecule has 0 aliphatic rings. The number of aryl methyl sites for hydroxylation is 1. The zero-order valence-electron chi connectivity index (χ0n) is 5.03. The molecule has 1 aromatic rings. The highest BCUT2D eigenvalue weighted by Crippen LogP contribution is 1.93. The topological polar surface area (TPSA) is 53.6 Å². The molecule has 0 amide bonds. The molecule has 48 valence electrons. The molecule has 1 heterocycles. The smallest absolute Gasteiger partial charge is 0.473 e. The van der Waals surface area contributed by atoms with Crippen molar-refractivity contribution in [2.45, 2.75) is 6.92 Å². The van der Waals surface area contributed by atoms with E-state index in [0.717, 1.165) is 5.56 Å². The van der Waals surface area contributed by atoms with Crippen LogP contribution in [-0.2, 0) is 0 Å². The molecular formula is C5H7BO3. The van der Waals surface area contributed by atoms with Crippen molar-refractivity contribution in [3.63, 3.8) is 0 Å². The Kier molecular flexibility index (Phi) is 1.59. The van der Waals surface area contributed by atoms with Gasteiger partial charge in [-0.2, -0.15) is 0 Å². The predicted octanol–water partition coefficient (Wildman–Crippen LogP) is -0.732. The second-order valence-corrected chi connectivity index (χ2v) is 1.90. The van der Waals surface area contributed by atoms with Crippen molar-refractivity contribution in [2.75, 3.05) is 0 Å². The van der Waals surface area contributed by atoms with Gasteiger partial charge in [0, 0.05) is 0 Å². The molecule has 0 saturated carbocycles. The lowest BCUT2D eigenvalue weighted by Gasteiger charge is -1.87. The Bertz CT molecular complexity index is 194. The van der Waals surface area contributed by atoms with Crippen LogP contribution in [0.15, 0.2) is 16.7 Å². The summed E-state index contributed by atoms with van der Waals surface area (Å²) in [6.45, 7) is 1.81. The third-order valence-corrected chi connectivity index (χ3v) is 1.01. The van der Waals surface area contributed by atoms with Gasteiger partial charge in [-0.05, 0) is 18.6 Å². The van der Waals surface area contributed by atoms with Crippen LogP contribution in [0.1, 0.15) is 5.56 Å². The van der Waals surface area contributed by atoms with Gasteiger partial charge >= 0.3 is 7.12 Å². The van der Waals surface area contributed by atoms with Crippen molar-refractivity contribution >= 4 is 12.8 Å². The standard InChI is InChI=1S/C5H7BO3/c1-4-2-5(6(7)8)9-3-4/h2-3,7-8H,1H3. The van der Waals surface area contributed by atoms with E-state index in [1.165, 1.54) is 6.26 Å². The molecular weight excluding hydrogens is 119 g/mol. The van der Waals surface area contributed by atoms with E-state index in [9.17, 15) is 0 Å². The molecule has 1 rings (SSSR count). The Morgan fingerprint density at radius 2 is 2.22 bits per heavy atom. The van der Waals surface area contributed by atoms with Crippen LogP contribution in [0.3, 0.4) is 0 Å². The monoisotopic (exact) mass is 126 g/mol. The van der Waals surface area contributed by atoms with Crippen molar-refractivity contribution in [1.82, 2.24) is 0 Å². The van der Waals surface area contributed by atoms with Gasteiger partial charge in [0.05, 0.1) is 6.26 Å². The van der Waals surface area contributed by atoms with Gasteiger partial charge in [0.25, 0.3) is 0 Å². The molecule has 9 heavy (non-hydrogen) atoms. The average molecular weight is 126 g/mol. The van der Waals surface area contributed by atoms with E-state index >= 15 is 0 Å². The van der Waals surface area contributed by atoms with E-state index in [-0.39, 0.29) is 5.66 Å². The van der Waals surface area contributed by atoms with Gasteiger partial charge < -0.3 is 14.5 Å². The van der Waals surface area contributed by atoms with Crippen molar-refractivity contribution in [3.8, 4) is 0 Å². The van der Waals surface area contributed by atoms with Crippen molar-refractivity contribution in [1.29, 1.82) is 0 Å². The zero-order chi connectivity index (χ0) is 6.85. The highest BCUT2D eigenvalue weighted by molar-refractivity contribution is 6.57. The van der Waals surface area contributed by atoms with Gasteiger partial charge in [0.2, 0.25) is 0 Å². The van der Waals surface area contributed by atoms with E-state index < -0.39 is 7.12 Å². The molecule has 2 N–H and O–H groups in total. The van der Waals surface area contributed by atoms with Crippen LogP contribution in [-0.4, -0.2) is 17.2 Å². The minimum Gasteiger partial charge on any atom is -0.473 e. The Balaban J connectivity index is 2.85. The normalized spacial score (nSPS) is 9.67. The molecule has 0 fully saturated rings. The predicted molar refractivity (Wildman–Crippen MR) is 33.3 cm³/mol. The first-order valence-corrected chi connectivity index (χ1v) is 2.61. The Hall–Kier alpha value is -0.735.